The van der Waals surface area contributed by atoms with Crippen LogP contribution in [0.1, 0.15) is 30.9 Å². The van der Waals surface area contributed by atoms with Crippen molar-refractivity contribution in [2.45, 2.75) is 45.1 Å². The van der Waals surface area contributed by atoms with E-state index in [4.69, 9.17) is 9.47 Å². The smallest absolute Gasteiger partial charge is 0.215 e. The lowest BCUT2D eigenvalue weighted by Gasteiger charge is -2.28. The molecule has 0 unspecified atom stereocenters. The van der Waals surface area contributed by atoms with Gasteiger partial charge in [-0.1, -0.05) is 43.2 Å². The highest BCUT2D eigenvalue weighted by Gasteiger charge is 2.43. The topological polar surface area (TPSA) is 49.2 Å². The van der Waals surface area contributed by atoms with E-state index in [0.29, 0.717) is 13.2 Å². The maximum Gasteiger partial charge on any atom is 0.215 e. The van der Waals surface area contributed by atoms with Crippen LogP contribution < -0.4 is 0 Å². The Morgan fingerprint density at radius 2 is 2.14 bits per heavy atom. The summed E-state index contributed by atoms with van der Waals surface area (Å²) in [7, 11) is 0. The van der Waals surface area contributed by atoms with E-state index in [-0.39, 0.29) is 6.10 Å². The van der Waals surface area contributed by atoms with Crippen LogP contribution in [-0.2, 0) is 21.8 Å². The summed E-state index contributed by atoms with van der Waals surface area (Å²) in [5.41, 5.74) is 2.25. The van der Waals surface area contributed by atoms with E-state index in [1.54, 1.807) is 11.0 Å². The normalized spacial score (nSPS) is 25.3. The van der Waals surface area contributed by atoms with Crippen molar-refractivity contribution in [2.75, 3.05) is 6.61 Å². The van der Waals surface area contributed by atoms with Gasteiger partial charge in [0.1, 0.15) is 19.2 Å². The number of ether oxygens (including phenoxy) is 2. The summed E-state index contributed by atoms with van der Waals surface area (Å²) in [6, 6.07) is 8.30. The Labute approximate surface area is 124 Å². The molecule has 0 amide bonds. The van der Waals surface area contributed by atoms with Crippen molar-refractivity contribution in [3.63, 3.8) is 0 Å². The fraction of sp³-hybridized carbons (Fsp3) is 0.500. The second kappa shape index (κ2) is 5.95. The molecule has 3 rings (SSSR count). The van der Waals surface area contributed by atoms with Crippen molar-refractivity contribution in [3.8, 4) is 0 Å². The van der Waals surface area contributed by atoms with Gasteiger partial charge in [0.25, 0.3) is 0 Å². The number of hydrogen-bond acceptors (Lipinski definition) is 4. The van der Waals surface area contributed by atoms with Gasteiger partial charge in [-0.15, -0.1) is 0 Å². The molecule has 2 atom stereocenters. The molecule has 1 aliphatic heterocycles. The lowest BCUT2D eigenvalue weighted by atomic mass is 10.0. The number of nitrogens with zero attached hydrogens (tertiary/aromatic N) is 3. The van der Waals surface area contributed by atoms with Gasteiger partial charge in [-0.25, -0.2) is 9.67 Å². The van der Waals surface area contributed by atoms with Gasteiger partial charge in [-0.3, -0.25) is 0 Å². The van der Waals surface area contributed by atoms with Crippen molar-refractivity contribution in [1.82, 2.24) is 14.8 Å². The lowest BCUT2D eigenvalue weighted by Crippen LogP contribution is -2.34. The monoisotopic (exact) mass is 287 g/mol. The summed E-state index contributed by atoms with van der Waals surface area (Å²) in [6.45, 7) is 5.36. The molecule has 1 aliphatic rings. The Morgan fingerprint density at radius 3 is 2.81 bits per heavy atom. The Kier molecular flexibility index (Phi) is 4.03. The first kappa shape index (κ1) is 14.2. The molecule has 2 heterocycles. The third-order valence-electron chi connectivity index (χ3n) is 3.80. The van der Waals surface area contributed by atoms with Crippen molar-refractivity contribution in [2.24, 2.45) is 0 Å². The summed E-state index contributed by atoms with van der Waals surface area (Å²) in [5.74, 6) is -0.763. The molecule has 1 aromatic heterocycles. The van der Waals surface area contributed by atoms with Crippen molar-refractivity contribution < 1.29 is 9.47 Å². The predicted octanol–water partition coefficient (Wildman–Crippen LogP) is 2.66. The largest absolute Gasteiger partial charge is 0.342 e. The molecule has 0 N–H and O–H groups in total. The predicted molar refractivity (Wildman–Crippen MR) is 78.6 cm³/mol. The van der Waals surface area contributed by atoms with Crippen LogP contribution in [0.2, 0.25) is 0 Å². The van der Waals surface area contributed by atoms with E-state index in [2.05, 4.69) is 48.2 Å². The van der Waals surface area contributed by atoms with E-state index in [9.17, 15) is 0 Å². The number of aryl methyl sites for hydroxylation is 1. The molecule has 0 saturated carbocycles. The molecule has 21 heavy (non-hydrogen) atoms. The van der Waals surface area contributed by atoms with E-state index < -0.39 is 5.79 Å². The minimum Gasteiger partial charge on any atom is -0.342 e. The van der Waals surface area contributed by atoms with Gasteiger partial charge in [-0.2, -0.15) is 5.10 Å². The molecule has 0 aliphatic carbocycles. The quantitative estimate of drug-likeness (QED) is 0.848. The van der Waals surface area contributed by atoms with Gasteiger partial charge in [0.2, 0.25) is 5.79 Å². The number of hydrogen-bond donors (Lipinski definition) is 0. The fourth-order valence-electron chi connectivity index (χ4n) is 2.69. The van der Waals surface area contributed by atoms with Crippen LogP contribution in [0.4, 0.5) is 0 Å². The maximum atomic E-state index is 6.28. The maximum absolute atomic E-state index is 6.28. The summed E-state index contributed by atoms with van der Waals surface area (Å²) >= 11 is 0. The molecule has 0 bridgehead atoms. The molecule has 112 valence electrons. The fourth-order valence-corrected chi connectivity index (χ4v) is 2.69. The second-order valence-electron chi connectivity index (χ2n) is 5.55. The Bertz CT molecular complexity index is 568. The molecule has 5 heteroatoms. The van der Waals surface area contributed by atoms with Gasteiger partial charge in [0.05, 0.1) is 12.7 Å². The molecule has 1 fully saturated rings. The lowest BCUT2D eigenvalue weighted by molar-refractivity contribution is -0.189. The van der Waals surface area contributed by atoms with Crippen LogP contribution in [0, 0.1) is 6.92 Å². The zero-order valence-electron chi connectivity index (χ0n) is 12.5. The summed E-state index contributed by atoms with van der Waals surface area (Å²) in [4.78, 5) is 4.00. The van der Waals surface area contributed by atoms with Gasteiger partial charge in [0.15, 0.2) is 0 Å². The van der Waals surface area contributed by atoms with E-state index in [1.165, 1.54) is 11.9 Å². The van der Waals surface area contributed by atoms with Crippen LogP contribution in [0.5, 0.6) is 0 Å². The molecular formula is C16H21N3O2. The molecule has 5 nitrogen and oxygen atoms in total. The Morgan fingerprint density at radius 1 is 1.33 bits per heavy atom. The highest BCUT2D eigenvalue weighted by molar-refractivity contribution is 5.25. The average Bonchev–Trinajstić information content (AvgIpc) is 3.11. The van der Waals surface area contributed by atoms with Gasteiger partial charge < -0.3 is 9.47 Å². The highest BCUT2D eigenvalue weighted by Crippen LogP contribution is 2.37. The standard InChI is InChI=1S/C16H21N3O2/c1-3-4-15-9-20-16(21-15,10-19-12-17-11-18-19)14-7-5-13(2)6-8-14/h5-8,11-12,15H,3-4,9-10H2,1-2H3/t15-,16+/m1/s1. The van der Waals surface area contributed by atoms with E-state index in [0.717, 1.165) is 18.4 Å². The second-order valence-corrected chi connectivity index (χ2v) is 5.55. The number of aromatic nitrogens is 3. The first-order valence-electron chi connectivity index (χ1n) is 7.43. The first-order chi connectivity index (χ1) is 10.2. The van der Waals surface area contributed by atoms with Gasteiger partial charge >= 0.3 is 0 Å². The van der Waals surface area contributed by atoms with Crippen LogP contribution in [0.25, 0.3) is 0 Å². The van der Waals surface area contributed by atoms with Crippen LogP contribution in [0.15, 0.2) is 36.9 Å². The van der Waals surface area contributed by atoms with Gasteiger partial charge in [-0.05, 0) is 13.3 Å². The zero-order valence-corrected chi connectivity index (χ0v) is 12.5. The average molecular weight is 287 g/mol. The van der Waals surface area contributed by atoms with Crippen molar-refractivity contribution in [3.05, 3.63) is 48.0 Å². The highest BCUT2D eigenvalue weighted by atomic mass is 16.7. The SMILES string of the molecule is CCC[C@@H]1CO[C@](Cn2cncn2)(c2ccc(C)cc2)O1. The molecular weight excluding hydrogens is 266 g/mol. The minimum atomic E-state index is -0.763. The zero-order chi connectivity index (χ0) is 14.7. The van der Waals surface area contributed by atoms with Crippen molar-refractivity contribution in [1.29, 1.82) is 0 Å². The summed E-state index contributed by atoms with van der Waals surface area (Å²) < 4.78 is 14.1. The Hall–Kier alpha value is -1.72. The van der Waals surface area contributed by atoms with E-state index >= 15 is 0 Å². The van der Waals surface area contributed by atoms with Gasteiger partial charge in [0, 0.05) is 5.56 Å². The molecule has 0 spiro atoms. The molecule has 1 saturated heterocycles. The first-order valence-corrected chi connectivity index (χ1v) is 7.43. The third-order valence-corrected chi connectivity index (χ3v) is 3.80. The molecule has 2 aromatic rings. The Balaban J connectivity index is 1.89. The number of rotatable bonds is 5. The third kappa shape index (κ3) is 2.99. The molecule has 0 radical (unpaired) electrons. The van der Waals surface area contributed by atoms with Crippen LogP contribution >= 0.6 is 0 Å². The van der Waals surface area contributed by atoms with Crippen LogP contribution in [-0.4, -0.2) is 27.5 Å². The number of benzene rings is 1. The van der Waals surface area contributed by atoms with E-state index in [1.807, 2.05) is 0 Å². The summed E-state index contributed by atoms with van der Waals surface area (Å²) in [6.07, 6.45) is 5.45. The van der Waals surface area contributed by atoms with Crippen molar-refractivity contribution >= 4 is 0 Å². The minimum absolute atomic E-state index is 0.139. The van der Waals surface area contributed by atoms with Crippen LogP contribution in [0.3, 0.4) is 0 Å². The summed E-state index contributed by atoms with van der Waals surface area (Å²) in [5, 5.41) is 4.18. The molecule has 1 aromatic carbocycles.